The van der Waals surface area contributed by atoms with E-state index in [-0.39, 0.29) is 9.92 Å². The molecule has 0 nitrogen and oxygen atoms in total. The van der Waals surface area contributed by atoms with E-state index in [0.717, 1.165) is 12.1 Å². The molecule has 0 fully saturated rings. The minimum Gasteiger partial charge on any atom is -0.230 e. The monoisotopic (exact) mass is 372 g/mol. The van der Waals surface area contributed by atoms with Gasteiger partial charge < -0.3 is 0 Å². The zero-order valence-corrected chi connectivity index (χ0v) is 11.4. The fraction of sp³-hybridized carbons (Fsp3) is 0.333. The van der Waals surface area contributed by atoms with Crippen LogP contribution >= 0.6 is 39.3 Å². The normalized spacial score (nSPS) is 14.7. The second-order valence-corrected chi connectivity index (χ2v) is 5.75. The Labute approximate surface area is 116 Å². The summed E-state index contributed by atoms with van der Waals surface area (Å²) in [6.45, 7) is 0. The largest absolute Gasteiger partial charge is 0.426 e. The smallest absolute Gasteiger partial charge is 0.230 e. The Hall–Kier alpha value is -0.0800. The summed E-state index contributed by atoms with van der Waals surface area (Å²) < 4.78 is 74.8. The zero-order chi connectivity index (χ0) is 14.1. The van der Waals surface area contributed by atoms with Crippen molar-refractivity contribution in [2.75, 3.05) is 0 Å². The van der Waals surface area contributed by atoms with E-state index in [1.807, 2.05) is 0 Å². The average molecular weight is 374 g/mol. The second-order valence-electron chi connectivity index (χ2n) is 3.17. The summed E-state index contributed by atoms with van der Waals surface area (Å²) in [6, 6.07) is 3.50. The third kappa shape index (κ3) is 4.24. The molecule has 0 saturated carbocycles. The maximum Gasteiger partial charge on any atom is 0.426 e. The molecule has 0 saturated heterocycles. The van der Waals surface area contributed by atoms with Crippen molar-refractivity contribution in [1.29, 1.82) is 0 Å². The molecule has 1 atom stereocenters. The molecule has 18 heavy (non-hydrogen) atoms. The van der Waals surface area contributed by atoms with E-state index in [9.17, 15) is 26.3 Å². The van der Waals surface area contributed by atoms with Gasteiger partial charge in [-0.1, -0.05) is 27.5 Å². The molecule has 1 aromatic rings. The molecule has 0 aliphatic rings. The molecule has 0 radical (unpaired) electrons. The molecule has 9 heteroatoms. The molecular weight excluding hydrogens is 370 g/mol. The highest BCUT2D eigenvalue weighted by Crippen LogP contribution is 2.46. The summed E-state index contributed by atoms with van der Waals surface area (Å²) in [5, 5.41) is -4.58. The maximum atomic E-state index is 13.1. The Morgan fingerprint density at radius 3 is 2.11 bits per heavy atom. The molecule has 0 aromatic heterocycles. The molecule has 1 unspecified atom stereocenters. The van der Waals surface area contributed by atoms with Crippen molar-refractivity contribution in [2.24, 2.45) is 0 Å². The van der Waals surface area contributed by atoms with Crippen LogP contribution in [0.2, 0.25) is 5.02 Å². The van der Waals surface area contributed by atoms with E-state index in [0.29, 0.717) is 4.47 Å². The predicted molar refractivity (Wildman–Crippen MR) is 60.9 cm³/mol. The summed E-state index contributed by atoms with van der Waals surface area (Å²) >= 11 is 7.95. The van der Waals surface area contributed by atoms with Crippen molar-refractivity contribution in [3.63, 3.8) is 0 Å². The molecule has 0 aliphatic heterocycles. The van der Waals surface area contributed by atoms with Crippen LogP contribution in [0.15, 0.2) is 27.6 Å². The van der Waals surface area contributed by atoms with E-state index < -0.39 is 29.4 Å². The number of hydrogen-bond acceptors (Lipinski definition) is 1. The van der Waals surface area contributed by atoms with Crippen molar-refractivity contribution in [1.82, 2.24) is 0 Å². The maximum absolute atomic E-state index is 13.1. The molecule has 1 rings (SSSR count). The summed E-state index contributed by atoms with van der Waals surface area (Å²) in [6.07, 6.45) is -9.86. The lowest BCUT2D eigenvalue weighted by Crippen LogP contribution is -2.39. The Kier molecular flexibility index (Phi) is 4.88. The topological polar surface area (TPSA) is 0 Å². The fourth-order valence-corrected chi connectivity index (χ4v) is 2.99. The minimum atomic E-state index is -5.62. The molecule has 0 heterocycles. The van der Waals surface area contributed by atoms with Gasteiger partial charge in [-0.3, -0.25) is 0 Å². The molecule has 1 aromatic carbocycles. The lowest BCUT2D eigenvalue weighted by Gasteiger charge is -2.22. The van der Waals surface area contributed by atoms with Crippen LogP contribution in [0, 0.1) is 0 Å². The lowest BCUT2D eigenvalue weighted by molar-refractivity contribution is -0.219. The van der Waals surface area contributed by atoms with Gasteiger partial charge in [-0.25, -0.2) is 4.39 Å². The highest BCUT2D eigenvalue weighted by atomic mass is 79.9. The average Bonchev–Trinajstić information content (AvgIpc) is 2.12. The Balaban J connectivity index is 2.95. The lowest BCUT2D eigenvalue weighted by atomic mass is 10.4. The predicted octanol–water partition coefficient (Wildman–Crippen LogP) is 5.69. The van der Waals surface area contributed by atoms with Crippen molar-refractivity contribution >= 4 is 39.3 Å². The number of benzene rings is 1. The van der Waals surface area contributed by atoms with E-state index in [1.165, 1.54) is 6.07 Å². The molecular formula is C9H4BrClF6S. The van der Waals surface area contributed by atoms with Crippen LogP contribution in [0.3, 0.4) is 0 Å². The van der Waals surface area contributed by atoms with Gasteiger partial charge in [-0.05, 0) is 30.0 Å². The van der Waals surface area contributed by atoms with Crippen LogP contribution in [-0.4, -0.2) is 17.6 Å². The standard InChI is InChI=1S/C9H4BrClF6S/c10-4-1-5(11)3-6(2-4)18-9(16,17)7(12)8(13,14)15/h1-3,7H. The number of thioether (sulfide) groups is 1. The Bertz CT molecular complexity index is 415. The van der Waals surface area contributed by atoms with Crippen molar-refractivity contribution in [2.45, 2.75) is 22.5 Å². The van der Waals surface area contributed by atoms with Gasteiger partial charge in [0.15, 0.2) is 0 Å². The van der Waals surface area contributed by atoms with Crippen molar-refractivity contribution in [3.05, 3.63) is 27.7 Å². The first-order valence-corrected chi connectivity index (χ1v) is 6.25. The van der Waals surface area contributed by atoms with Gasteiger partial charge in [0.2, 0.25) is 0 Å². The van der Waals surface area contributed by atoms with Crippen LogP contribution < -0.4 is 0 Å². The first-order chi connectivity index (χ1) is 8.02. The summed E-state index contributed by atoms with van der Waals surface area (Å²) in [7, 11) is 0. The molecule has 0 N–H and O–H groups in total. The van der Waals surface area contributed by atoms with E-state index >= 15 is 0 Å². The number of alkyl halides is 6. The highest BCUT2D eigenvalue weighted by molar-refractivity contribution is 9.10. The van der Waals surface area contributed by atoms with Gasteiger partial charge in [0.25, 0.3) is 6.17 Å². The van der Waals surface area contributed by atoms with E-state index in [4.69, 9.17) is 11.6 Å². The van der Waals surface area contributed by atoms with Gasteiger partial charge >= 0.3 is 11.4 Å². The van der Waals surface area contributed by atoms with Crippen LogP contribution in [-0.2, 0) is 0 Å². The van der Waals surface area contributed by atoms with E-state index in [1.54, 1.807) is 0 Å². The number of rotatable bonds is 3. The van der Waals surface area contributed by atoms with Crippen molar-refractivity contribution < 1.29 is 26.3 Å². The van der Waals surface area contributed by atoms with Gasteiger partial charge in [0, 0.05) is 14.4 Å². The fourth-order valence-electron chi connectivity index (χ4n) is 0.987. The summed E-state index contributed by atoms with van der Waals surface area (Å²) in [5.41, 5.74) is 0. The quantitative estimate of drug-likeness (QED) is 0.485. The third-order valence-electron chi connectivity index (χ3n) is 1.67. The van der Waals surface area contributed by atoms with Gasteiger partial charge in [0.05, 0.1) is 0 Å². The Morgan fingerprint density at radius 1 is 1.11 bits per heavy atom. The number of halogens is 8. The zero-order valence-electron chi connectivity index (χ0n) is 8.24. The third-order valence-corrected chi connectivity index (χ3v) is 3.30. The van der Waals surface area contributed by atoms with Crippen LogP contribution in [0.4, 0.5) is 26.3 Å². The van der Waals surface area contributed by atoms with Crippen molar-refractivity contribution in [3.8, 4) is 0 Å². The van der Waals surface area contributed by atoms with Crippen LogP contribution in [0.5, 0.6) is 0 Å². The molecule has 102 valence electrons. The Morgan fingerprint density at radius 2 is 1.67 bits per heavy atom. The van der Waals surface area contributed by atoms with Crippen LogP contribution in [0.25, 0.3) is 0 Å². The SMILES string of the molecule is FC(C(F)(F)F)C(F)(F)Sc1cc(Cl)cc(Br)c1. The first-order valence-electron chi connectivity index (χ1n) is 4.26. The highest BCUT2D eigenvalue weighted by Gasteiger charge is 2.57. The molecule has 0 aliphatic carbocycles. The van der Waals surface area contributed by atoms with Crippen LogP contribution in [0.1, 0.15) is 0 Å². The first kappa shape index (κ1) is 16.0. The van der Waals surface area contributed by atoms with E-state index in [2.05, 4.69) is 15.9 Å². The summed E-state index contributed by atoms with van der Waals surface area (Å²) in [5.74, 6) is 0. The number of hydrogen-bond donors (Lipinski definition) is 0. The molecule has 0 bridgehead atoms. The molecule has 0 amide bonds. The molecule has 0 spiro atoms. The minimum absolute atomic E-state index is 0.0464. The summed E-state index contributed by atoms with van der Waals surface area (Å²) in [4.78, 5) is -0.272. The van der Waals surface area contributed by atoms with Gasteiger partial charge in [-0.15, -0.1) is 0 Å². The van der Waals surface area contributed by atoms with Gasteiger partial charge in [-0.2, -0.15) is 22.0 Å². The second kappa shape index (κ2) is 5.50. The van der Waals surface area contributed by atoms with Gasteiger partial charge in [0.1, 0.15) is 0 Å².